The number of carbonyl (C=O) groups excluding carboxylic acids is 1. The second-order valence-corrected chi connectivity index (χ2v) is 5.84. The molecule has 0 aliphatic carbocycles. The van der Waals surface area contributed by atoms with E-state index < -0.39 is 0 Å². The van der Waals surface area contributed by atoms with Gasteiger partial charge in [-0.2, -0.15) is 0 Å². The Balaban J connectivity index is 1.84. The number of amides is 1. The van der Waals surface area contributed by atoms with Crippen LogP contribution in [0.15, 0.2) is 24.3 Å². The molecule has 1 aliphatic rings. The summed E-state index contributed by atoms with van der Waals surface area (Å²) < 4.78 is 12.6. The van der Waals surface area contributed by atoms with Gasteiger partial charge in [-0.1, -0.05) is 6.07 Å². The second-order valence-electron chi connectivity index (χ2n) is 5.84. The molecule has 2 unspecified atom stereocenters. The molecule has 0 bridgehead atoms. The Morgan fingerprint density at radius 3 is 2.92 bits per heavy atom. The highest BCUT2D eigenvalue weighted by atomic mass is 16.5. The van der Waals surface area contributed by atoms with Gasteiger partial charge in [0.05, 0.1) is 24.8 Å². The molecule has 1 aromatic heterocycles. The van der Waals surface area contributed by atoms with Gasteiger partial charge in [0.1, 0.15) is 12.4 Å². The number of ether oxygens (including phenoxy) is 2. The van der Waals surface area contributed by atoms with E-state index in [-0.39, 0.29) is 24.7 Å². The summed E-state index contributed by atoms with van der Waals surface area (Å²) in [5.41, 5.74) is 8.74. The first-order valence-corrected chi connectivity index (χ1v) is 8.13. The molecule has 1 aliphatic heterocycles. The molecule has 1 saturated heterocycles. The molecular formula is C17H24N4O3. The minimum atomic E-state index is -0.129. The molecule has 130 valence electrons. The summed E-state index contributed by atoms with van der Waals surface area (Å²) in [5.74, 6) is 0.743. The fraction of sp³-hybridized carbons (Fsp3) is 0.471. The lowest BCUT2D eigenvalue weighted by Crippen LogP contribution is -2.45. The Hall–Kier alpha value is -2.09. The van der Waals surface area contributed by atoms with Crippen LogP contribution in [0.5, 0.6) is 5.75 Å². The van der Waals surface area contributed by atoms with Gasteiger partial charge in [-0.25, -0.2) is 10.9 Å². The number of methoxy groups -OCH3 is 2. The highest BCUT2D eigenvalue weighted by Crippen LogP contribution is 2.33. The number of fused-ring (bicyclic) bond motifs is 1. The van der Waals surface area contributed by atoms with E-state index in [0.29, 0.717) is 0 Å². The number of carbonyl (C=O) groups is 1. The Morgan fingerprint density at radius 1 is 1.38 bits per heavy atom. The lowest BCUT2D eigenvalue weighted by molar-refractivity contribution is -0.125. The maximum absolute atomic E-state index is 11.7. The van der Waals surface area contributed by atoms with Crippen molar-refractivity contribution >= 4 is 16.8 Å². The number of aromatic nitrogens is 1. The quantitative estimate of drug-likeness (QED) is 0.743. The lowest BCUT2D eigenvalue weighted by atomic mass is 10.1. The smallest absolute Gasteiger partial charge is 0.247 e. The molecule has 1 fully saturated rings. The second kappa shape index (κ2) is 7.21. The fourth-order valence-corrected chi connectivity index (χ4v) is 3.31. The van der Waals surface area contributed by atoms with Crippen molar-refractivity contribution in [1.29, 1.82) is 0 Å². The molecule has 0 saturated carbocycles. The van der Waals surface area contributed by atoms with E-state index in [1.54, 1.807) is 7.11 Å². The lowest BCUT2D eigenvalue weighted by Gasteiger charge is -2.14. The van der Waals surface area contributed by atoms with Crippen LogP contribution >= 0.6 is 0 Å². The number of hydrogen-bond acceptors (Lipinski definition) is 5. The fourth-order valence-electron chi connectivity index (χ4n) is 3.31. The highest BCUT2D eigenvalue weighted by Gasteiger charge is 2.29. The zero-order valence-electron chi connectivity index (χ0n) is 14.3. The summed E-state index contributed by atoms with van der Waals surface area (Å²) in [5, 5.41) is 4.00. The monoisotopic (exact) mass is 332 g/mol. The summed E-state index contributed by atoms with van der Waals surface area (Å²) in [4.78, 5) is 11.7. The number of hydrogen-bond donors (Lipinski definition) is 3. The third-order valence-electron chi connectivity index (χ3n) is 4.34. The molecule has 1 aromatic carbocycles. The van der Waals surface area contributed by atoms with Gasteiger partial charge in [-0.3, -0.25) is 4.79 Å². The van der Waals surface area contributed by atoms with E-state index in [4.69, 9.17) is 9.47 Å². The molecule has 2 heterocycles. The van der Waals surface area contributed by atoms with Crippen molar-refractivity contribution in [2.75, 3.05) is 20.8 Å². The third kappa shape index (κ3) is 3.10. The molecule has 3 rings (SSSR count). The number of benzene rings is 1. The van der Waals surface area contributed by atoms with E-state index in [1.807, 2.05) is 12.1 Å². The van der Waals surface area contributed by atoms with Gasteiger partial charge in [0.25, 0.3) is 0 Å². The van der Waals surface area contributed by atoms with Crippen LogP contribution in [0, 0.1) is 0 Å². The van der Waals surface area contributed by atoms with Crippen LogP contribution in [0.1, 0.15) is 25.1 Å². The molecule has 2 atom stereocenters. The summed E-state index contributed by atoms with van der Waals surface area (Å²) >= 11 is 0. The van der Waals surface area contributed by atoms with Gasteiger partial charge in [0.15, 0.2) is 0 Å². The minimum absolute atomic E-state index is 0.0648. The normalized spacial score (nSPS) is 20.5. The van der Waals surface area contributed by atoms with Crippen molar-refractivity contribution in [3.8, 4) is 5.75 Å². The number of rotatable bonds is 6. The molecule has 2 aromatic rings. The third-order valence-corrected chi connectivity index (χ3v) is 4.34. The van der Waals surface area contributed by atoms with Crippen LogP contribution in [0.3, 0.4) is 0 Å². The predicted octanol–water partition coefficient (Wildman–Crippen LogP) is 1.30. The maximum Gasteiger partial charge on any atom is 0.247 e. The van der Waals surface area contributed by atoms with E-state index in [1.165, 1.54) is 12.8 Å². The van der Waals surface area contributed by atoms with Crippen LogP contribution in [-0.2, 0) is 16.1 Å². The topological polar surface area (TPSA) is 76.6 Å². The Morgan fingerprint density at radius 2 is 2.21 bits per heavy atom. The molecule has 1 amide bonds. The van der Waals surface area contributed by atoms with Crippen LogP contribution in [-0.4, -0.2) is 37.5 Å². The largest absolute Gasteiger partial charge is 0.496 e. The number of nitrogens with one attached hydrogen (secondary N) is 3. The van der Waals surface area contributed by atoms with Gasteiger partial charge >= 0.3 is 0 Å². The van der Waals surface area contributed by atoms with Crippen molar-refractivity contribution in [2.45, 2.75) is 32.1 Å². The van der Waals surface area contributed by atoms with Crippen LogP contribution in [0.25, 0.3) is 10.9 Å². The molecular weight excluding hydrogens is 308 g/mol. The Bertz CT molecular complexity index is 728. The van der Waals surface area contributed by atoms with Crippen molar-refractivity contribution in [2.24, 2.45) is 0 Å². The average Bonchev–Trinajstić information content (AvgIpc) is 3.18. The Labute approximate surface area is 141 Å². The van der Waals surface area contributed by atoms with E-state index in [2.05, 4.69) is 39.8 Å². The first-order valence-electron chi connectivity index (χ1n) is 8.13. The molecule has 7 nitrogen and oxygen atoms in total. The standard InChI is InChI=1S/C17H24N4O3/c1-4-21-13-6-5-7-15(24-3)11(13)8-14(21)12-9-16(20-19-12)18-17(22)10-23-2/h5-8,12,16,19-20H,4,9-10H2,1-3H3,(H,18,22). The average molecular weight is 332 g/mol. The molecule has 0 spiro atoms. The minimum Gasteiger partial charge on any atom is -0.496 e. The zero-order valence-corrected chi connectivity index (χ0v) is 14.3. The highest BCUT2D eigenvalue weighted by molar-refractivity contribution is 5.87. The zero-order chi connectivity index (χ0) is 17.1. The number of nitrogens with zero attached hydrogens (tertiary/aromatic N) is 1. The van der Waals surface area contributed by atoms with Gasteiger partial charge in [0, 0.05) is 31.2 Å². The van der Waals surface area contributed by atoms with Crippen LogP contribution in [0.2, 0.25) is 0 Å². The predicted molar refractivity (Wildman–Crippen MR) is 91.6 cm³/mol. The molecule has 24 heavy (non-hydrogen) atoms. The van der Waals surface area contributed by atoms with E-state index in [0.717, 1.165) is 29.6 Å². The van der Waals surface area contributed by atoms with Crippen molar-refractivity contribution in [3.63, 3.8) is 0 Å². The maximum atomic E-state index is 11.7. The summed E-state index contributed by atoms with van der Waals surface area (Å²) in [6.45, 7) is 3.06. The van der Waals surface area contributed by atoms with Crippen molar-refractivity contribution in [1.82, 2.24) is 20.7 Å². The van der Waals surface area contributed by atoms with Crippen molar-refractivity contribution < 1.29 is 14.3 Å². The number of aryl methyl sites for hydroxylation is 1. The van der Waals surface area contributed by atoms with E-state index >= 15 is 0 Å². The first kappa shape index (κ1) is 16.8. The van der Waals surface area contributed by atoms with Crippen molar-refractivity contribution in [3.05, 3.63) is 30.0 Å². The summed E-state index contributed by atoms with van der Waals surface area (Å²) in [6.07, 6.45) is 0.636. The van der Waals surface area contributed by atoms with Gasteiger partial charge in [-0.15, -0.1) is 0 Å². The Kier molecular flexibility index (Phi) is 5.03. The number of hydrazine groups is 1. The van der Waals surface area contributed by atoms with Crippen LogP contribution in [0.4, 0.5) is 0 Å². The SMILES string of the molecule is CCn1c(C2CC(NC(=O)COC)NN2)cc2c(OC)cccc21. The molecule has 3 N–H and O–H groups in total. The van der Waals surface area contributed by atoms with Gasteiger partial charge < -0.3 is 19.4 Å². The first-order chi connectivity index (χ1) is 11.7. The summed E-state index contributed by atoms with van der Waals surface area (Å²) in [7, 11) is 3.20. The molecule has 7 heteroatoms. The van der Waals surface area contributed by atoms with Gasteiger partial charge in [0.2, 0.25) is 5.91 Å². The summed E-state index contributed by atoms with van der Waals surface area (Å²) in [6, 6.07) is 8.35. The van der Waals surface area contributed by atoms with Crippen LogP contribution < -0.4 is 20.9 Å². The van der Waals surface area contributed by atoms with Gasteiger partial charge in [-0.05, 0) is 25.1 Å². The van der Waals surface area contributed by atoms with E-state index in [9.17, 15) is 4.79 Å². The molecule has 0 radical (unpaired) electrons.